The minimum atomic E-state index is -1.71. The molecular weight excluding hydrogens is 488 g/mol. The monoisotopic (exact) mass is 520 g/mol. The molecule has 0 radical (unpaired) electrons. The van der Waals surface area contributed by atoms with Crippen molar-refractivity contribution in [3.05, 3.63) is 24.5 Å². The first-order valence-electron chi connectivity index (χ1n) is 11.6. The maximum Gasteiger partial charge on any atom is 0.337 e. The molecule has 1 unspecified atom stereocenters. The Kier molecular flexibility index (Phi) is 8.63. The van der Waals surface area contributed by atoms with Crippen molar-refractivity contribution in [3.63, 3.8) is 0 Å². The van der Waals surface area contributed by atoms with Gasteiger partial charge < -0.3 is 64.2 Å². The van der Waals surface area contributed by atoms with Crippen molar-refractivity contribution in [2.24, 2.45) is 11.8 Å². The van der Waals surface area contributed by atoms with Gasteiger partial charge in [0.2, 0.25) is 6.29 Å². The Morgan fingerprint density at radius 1 is 0.917 bits per heavy atom. The van der Waals surface area contributed by atoms with Gasteiger partial charge in [0.05, 0.1) is 31.7 Å². The van der Waals surface area contributed by atoms with Crippen LogP contribution in [0, 0.1) is 11.8 Å². The van der Waals surface area contributed by atoms with Crippen LogP contribution in [0.3, 0.4) is 0 Å². The Labute approximate surface area is 205 Å². The molecule has 0 saturated carbocycles. The molecule has 14 heteroatoms. The van der Waals surface area contributed by atoms with Crippen LogP contribution >= 0.6 is 0 Å². The third kappa shape index (κ3) is 5.16. The average Bonchev–Trinajstić information content (AvgIpc) is 2.87. The number of rotatable bonds is 7. The average molecular weight is 520 g/mol. The highest BCUT2D eigenvalue weighted by atomic mass is 16.8. The van der Waals surface area contributed by atoms with Crippen LogP contribution in [0.4, 0.5) is 0 Å². The molecule has 0 aromatic rings. The Hall–Kier alpha value is -1.69. The van der Waals surface area contributed by atoms with Crippen LogP contribution in [-0.4, -0.2) is 129 Å². The fraction of sp³-hybridized carbons (Fsp3) is 0.773. The largest absolute Gasteiger partial charge is 0.471 e. The van der Waals surface area contributed by atoms with E-state index in [-0.39, 0.29) is 12.5 Å². The summed E-state index contributed by atoms with van der Waals surface area (Å²) in [6.45, 7) is 2.83. The summed E-state index contributed by atoms with van der Waals surface area (Å²) in [6, 6.07) is 0. The van der Waals surface area contributed by atoms with Gasteiger partial charge in [-0.3, -0.25) is 0 Å². The predicted octanol–water partition coefficient (Wildman–Crippen LogP) is -3.77. The van der Waals surface area contributed by atoms with Crippen LogP contribution in [0.1, 0.15) is 6.42 Å². The van der Waals surface area contributed by atoms with Crippen LogP contribution in [-0.2, 0) is 33.2 Å². The fourth-order valence-corrected chi connectivity index (χ4v) is 4.72. The summed E-state index contributed by atoms with van der Waals surface area (Å²) in [5.41, 5.74) is 0.331. The van der Waals surface area contributed by atoms with Crippen LogP contribution in [0.2, 0.25) is 0 Å². The zero-order valence-corrected chi connectivity index (χ0v) is 19.2. The number of hydrogen-bond donors (Lipinski definition) is 7. The lowest BCUT2D eigenvalue weighted by Crippen LogP contribution is -2.62. The van der Waals surface area contributed by atoms with E-state index in [1.165, 1.54) is 6.26 Å². The summed E-state index contributed by atoms with van der Waals surface area (Å²) >= 11 is 0. The van der Waals surface area contributed by atoms with E-state index < -0.39 is 92.8 Å². The second-order valence-electron chi connectivity index (χ2n) is 9.10. The maximum absolute atomic E-state index is 12.0. The number of carbonyl (C=O) groups excluding carboxylic acids is 1. The molecule has 0 aromatic carbocycles. The number of hydrogen-bond acceptors (Lipinski definition) is 14. The number of esters is 1. The number of carbonyl (C=O) groups is 1. The number of fused-ring (bicyclic) bond motifs is 1. The molecular formula is C22H32O14. The number of aliphatic hydroxyl groups is 7. The van der Waals surface area contributed by atoms with Gasteiger partial charge in [-0.25, -0.2) is 4.79 Å². The first kappa shape index (κ1) is 27.3. The summed E-state index contributed by atoms with van der Waals surface area (Å²) in [6.07, 6.45) is -13.2. The van der Waals surface area contributed by atoms with E-state index in [2.05, 4.69) is 6.58 Å². The Morgan fingerprint density at radius 3 is 2.22 bits per heavy atom. The molecule has 0 spiro atoms. The molecule has 0 bridgehead atoms. The quantitative estimate of drug-likeness (QED) is 0.127. The summed E-state index contributed by atoms with van der Waals surface area (Å²) in [5.74, 6) is -1.32. The minimum Gasteiger partial charge on any atom is -0.471 e. The lowest BCUT2D eigenvalue weighted by molar-refractivity contribution is -0.352. The van der Waals surface area contributed by atoms with Gasteiger partial charge in [0, 0.05) is 11.8 Å². The van der Waals surface area contributed by atoms with E-state index in [1.807, 2.05) is 0 Å². The van der Waals surface area contributed by atoms with E-state index >= 15 is 0 Å². The van der Waals surface area contributed by atoms with Gasteiger partial charge in [0.1, 0.15) is 48.8 Å². The van der Waals surface area contributed by atoms with Crippen molar-refractivity contribution in [1.82, 2.24) is 0 Å². The first-order valence-corrected chi connectivity index (χ1v) is 11.6. The van der Waals surface area contributed by atoms with Gasteiger partial charge >= 0.3 is 5.97 Å². The normalized spacial score (nSPS) is 47.2. The summed E-state index contributed by atoms with van der Waals surface area (Å²) < 4.78 is 32.6. The van der Waals surface area contributed by atoms with Crippen molar-refractivity contribution >= 4 is 5.97 Å². The van der Waals surface area contributed by atoms with Gasteiger partial charge in [-0.15, -0.1) is 6.58 Å². The highest BCUT2D eigenvalue weighted by Gasteiger charge is 2.49. The van der Waals surface area contributed by atoms with E-state index in [0.717, 1.165) is 0 Å². The highest BCUT2D eigenvalue weighted by molar-refractivity contribution is 5.89. The van der Waals surface area contributed by atoms with Crippen molar-refractivity contribution in [2.75, 3.05) is 19.8 Å². The lowest BCUT2D eigenvalue weighted by Gasteiger charge is -2.44. The predicted molar refractivity (Wildman–Crippen MR) is 113 cm³/mol. The Morgan fingerprint density at radius 2 is 1.56 bits per heavy atom. The SMILES string of the molecule is C=C[C@H]1[C@H](OC2O[C@H](CO[C@@H]3O[C@H](CO)[C@@H](O)[C@H](O)[C@H]3O)[C@@H](O)[C@H](O)[C@H]2O)OC=C2C(=O)OCC[C@H]21. The third-order valence-corrected chi connectivity index (χ3v) is 6.89. The van der Waals surface area contributed by atoms with Crippen LogP contribution in [0.25, 0.3) is 0 Å². The second-order valence-corrected chi connectivity index (χ2v) is 9.10. The Balaban J connectivity index is 1.42. The molecule has 13 atom stereocenters. The molecule has 36 heavy (non-hydrogen) atoms. The van der Waals surface area contributed by atoms with Crippen LogP contribution < -0.4 is 0 Å². The van der Waals surface area contributed by atoms with Gasteiger partial charge in [-0.05, 0) is 6.42 Å². The molecule has 204 valence electrons. The van der Waals surface area contributed by atoms with Crippen molar-refractivity contribution < 1.29 is 69.0 Å². The van der Waals surface area contributed by atoms with Gasteiger partial charge in [0.15, 0.2) is 12.6 Å². The van der Waals surface area contributed by atoms with E-state index in [1.54, 1.807) is 6.08 Å². The van der Waals surface area contributed by atoms with Gasteiger partial charge in [-0.2, -0.15) is 0 Å². The summed E-state index contributed by atoms with van der Waals surface area (Å²) in [4.78, 5) is 12.0. The zero-order chi connectivity index (χ0) is 26.1. The Bertz CT molecular complexity index is 819. The topological polar surface area (TPSA) is 214 Å². The van der Waals surface area contributed by atoms with Crippen molar-refractivity contribution in [1.29, 1.82) is 0 Å². The van der Waals surface area contributed by atoms with Crippen LogP contribution in [0.15, 0.2) is 24.5 Å². The molecule has 3 saturated heterocycles. The summed E-state index contributed by atoms with van der Waals surface area (Å²) in [7, 11) is 0. The molecule has 4 aliphatic heterocycles. The molecule has 4 aliphatic rings. The molecule has 4 rings (SSSR count). The molecule has 0 aromatic heterocycles. The van der Waals surface area contributed by atoms with Crippen molar-refractivity contribution in [2.45, 2.75) is 74.1 Å². The van der Waals surface area contributed by atoms with Gasteiger partial charge in [-0.1, -0.05) is 6.08 Å². The maximum atomic E-state index is 12.0. The number of cyclic esters (lactones) is 1. The summed E-state index contributed by atoms with van der Waals surface area (Å²) in [5, 5.41) is 70.4. The molecule has 0 aliphatic carbocycles. The first-order chi connectivity index (χ1) is 17.2. The second kappa shape index (κ2) is 11.4. The van der Waals surface area contributed by atoms with Crippen molar-refractivity contribution in [3.8, 4) is 0 Å². The van der Waals surface area contributed by atoms with E-state index in [0.29, 0.717) is 12.0 Å². The smallest absolute Gasteiger partial charge is 0.337 e. The lowest BCUT2D eigenvalue weighted by atomic mass is 9.81. The molecule has 3 fully saturated rings. The molecule has 7 N–H and O–H groups in total. The molecule has 14 nitrogen and oxygen atoms in total. The zero-order valence-electron chi connectivity index (χ0n) is 19.2. The molecule has 4 heterocycles. The van der Waals surface area contributed by atoms with Crippen LogP contribution in [0.5, 0.6) is 0 Å². The standard InChI is InChI=1S/C22H32O14/c1-2-8-9-3-4-31-19(30)10(9)6-32-20(8)36-22-18(29)16(27)14(25)12(35-22)7-33-21-17(28)15(26)13(24)11(5-23)34-21/h2,6,8-9,11-18,20-29H,1,3-5,7H2/t8-,9+,11-,12-,13-,14-,15+,16+,17-,18-,20+,21-,22?/m1/s1. The fourth-order valence-electron chi connectivity index (χ4n) is 4.72. The van der Waals surface area contributed by atoms with E-state index in [9.17, 15) is 40.5 Å². The third-order valence-electron chi connectivity index (χ3n) is 6.89. The van der Waals surface area contributed by atoms with E-state index in [4.69, 9.17) is 28.4 Å². The number of ether oxygens (including phenoxy) is 6. The van der Waals surface area contributed by atoms with Gasteiger partial charge in [0.25, 0.3) is 0 Å². The molecule has 0 amide bonds. The highest BCUT2D eigenvalue weighted by Crippen LogP contribution is 2.38. The number of aliphatic hydroxyl groups excluding tert-OH is 7. The minimum absolute atomic E-state index is 0.211.